The van der Waals surface area contributed by atoms with Crippen LogP contribution in [0.5, 0.6) is 5.75 Å². The number of hydrogen-bond acceptors (Lipinski definition) is 5. The number of likely N-dealkylation sites (N-methyl/N-ethyl adjacent to an activating group) is 1. The molecule has 0 bridgehead atoms. The number of methoxy groups -OCH3 is 1. The first-order valence-corrected chi connectivity index (χ1v) is 13.1. The van der Waals surface area contributed by atoms with Crippen molar-refractivity contribution in [1.29, 1.82) is 0 Å². The number of amides is 1. The van der Waals surface area contributed by atoms with Gasteiger partial charge in [0.2, 0.25) is 5.91 Å². The van der Waals surface area contributed by atoms with Crippen molar-refractivity contribution in [3.63, 3.8) is 0 Å². The van der Waals surface area contributed by atoms with Gasteiger partial charge < -0.3 is 9.64 Å². The third-order valence-electron chi connectivity index (χ3n) is 6.90. The second-order valence-corrected chi connectivity index (χ2v) is 10.4. The lowest BCUT2D eigenvalue weighted by Gasteiger charge is -2.38. The van der Waals surface area contributed by atoms with Gasteiger partial charge in [-0.25, -0.2) is 0 Å². The molecule has 1 amide bonds. The van der Waals surface area contributed by atoms with Crippen LogP contribution in [0.25, 0.3) is 0 Å². The minimum Gasteiger partial charge on any atom is -0.496 e. The maximum absolute atomic E-state index is 13.7. The minimum absolute atomic E-state index is 0.171. The molecule has 2 heterocycles. The van der Waals surface area contributed by atoms with Crippen LogP contribution in [-0.4, -0.2) is 54.0 Å². The van der Waals surface area contributed by atoms with Crippen molar-refractivity contribution in [2.45, 2.75) is 49.4 Å². The number of ether oxygens (including phenoxy) is 1. The van der Waals surface area contributed by atoms with Crippen LogP contribution in [0.2, 0.25) is 0 Å². The molecule has 0 spiro atoms. The molecular formula is C29H35N3O2S. The molecule has 35 heavy (non-hydrogen) atoms. The van der Waals surface area contributed by atoms with Crippen LogP contribution in [0.3, 0.4) is 0 Å². The first-order valence-electron chi connectivity index (χ1n) is 12.2. The van der Waals surface area contributed by atoms with Gasteiger partial charge in [0.15, 0.2) is 0 Å². The SMILES string of the molecule is COc1c(C)cnc(CN2CCC(N(C)C(=O)C(Sc3ccccc3)c3ccccc3)CC2)c1C. The van der Waals surface area contributed by atoms with E-state index in [2.05, 4.69) is 41.1 Å². The molecule has 0 N–H and O–H groups in total. The number of nitrogens with zero attached hydrogens (tertiary/aromatic N) is 3. The highest BCUT2D eigenvalue weighted by molar-refractivity contribution is 8.00. The fourth-order valence-electron chi connectivity index (χ4n) is 4.80. The Labute approximate surface area is 213 Å². The first-order chi connectivity index (χ1) is 17.0. The van der Waals surface area contributed by atoms with Crippen molar-refractivity contribution in [1.82, 2.24) is 14.8 Å². The van der Waals surface area contributed by atoms with Gasteiger partial charge in [0, 0.05) is 54.9 Å². The number of thioether (sulfide) groups is 1. The highest BCUT2D eigenvalue weighted by Crippen LogP contribution is 2.37. The Bertz CT molecular complexity index is 1120. The predicted molar refractivity (Wildman–Crippen MR) is 143 cm³/mol. The molecule has 3 aromatic rings. The smallest absolute Gasteiger partial charge is 0.240 e. The molecule has 1 saturated heterocycles. The van der Waals surface area contributed by atoms with Crippen LogP contribution in [0.4, 0.5) is 0 Å². The fraction of sp³-hybridized carbons (Fsp3) is 0.379. The summed E-state index contributed by atoms with van der Waals surface area (Å²) in [7, 11) is 3.69. The average Bonchev–Trinajstić information content (AvgIpc) is 2.90. The van der Waals surface area contributed by atoms with Gasteiger partial charge in [-0.2, -0.15) is 0 Å². The van der Waals surface area contributed by atoms with Gasteiger partial charge in [-0.05, 0) is 44.4 Å². The summed E-state index contributed by atoms with van der Waals surface area (Å²) in [6.07, 6.45) is 3.82. The van der Waals surface area contributed by atoms with E-state index in [4.69, 9.17) is 4.74 Å². The first kappa shape index (κ1) is 25.3. The van der Waals surface area contributed by atoms with Gasteiger partial charge in [0.1, 0.15) is 11.0 Å². The monoisotopic (exact) mass is 489 g/mol. The van der Waals surface area contributed by atoms with E-state index in [1.165, 1.54) is 0 Å². The number of likely N-dealkylation sites (tertiary alicyclic amines) is 1. The summed E-state index contributed by atoms with van der Waals surface area (Å²) < 4.78 is 5.58. The molecule has 6 heteroatoms. The average molecular weight is 490 g/mol. The number of benzene rings is 2. The topological polar surface area (TPSA) is 45.7 Å². The molecule has 0 radical (unpaired) electrons. The molecule has 184 valence electrons. The Kier molecular flexibility index (Phi) is 8.47. The Morgan fingerprint density at radius 1 is 1.09 bits per heavy atom. The van der Waals surface area contributed by atoms with E-state index in [0.29, 0.717) is 0 Å². The summed E-state index contributed by atoms with van der Waals surface area (Å²) in [4.78, 5) is 23.9. The van der Waals surface area contributed by atoms with Crippen molar-refractivity contribution in [2.24, 2.45) is 0 Å². The lowest BCUT2D eigenvalue weighted by atomic mass is 10.0. The van der Waals surface area contributed by atoms with Crippen LogP contribution in [-0.2, 0) is 11.3 Å². The highest BCUT2D eigenvalue weighted by Gasteiger charge is 2.31. The summed E-state index contributed by atoms with van der Waals surface area (Å²) in [5, 5.41) is -0.256. The third kappa shape index (κ3) is 6.06. The zero-order chi connectivity index (χ0) is 24.8. The van der Waals surface area contributed by atoms with Gasteiger partial charge in [-0.15, -0.1) is 11.8 Å². The van der Waals surface area contributed by atoms with Crippen molar-refractivity contribution in [2.75, 3.05) is 27.2 Å². The van der Waals surface area contributed by atoms with Crippen molar-refractivity contribution < 1.29 is 9.53 Å². The maximum atomic E-state index is 13.7. The van der Waals surface area contributed by atoms with Gasteiger partial charge in [-0.3, -0.25) is 14.7 Å². The van der Waals surface area contributed by atoms with Gasteiger partial charge in [0.25, 0.3) is 0 Å². The molecule has 1 aliphatic heterocycles. The maximum Gasteiger partial charge on any atom is 0.240 e. The van der Waals surface area contributed by atoms with E-state index in [-0.39, 0.29) is 17.2 Å². The largest absolute Gasteiger partial charge is 0.496 e. The van der Waals surface area contributed by atoms with E-state index in [0.717, 1.165) is 65.5 Å². The van der Waals surface area contributed by atoms with E-state index in [1.807, 2.05) is 61.5 Å². The Hall–Kier alpha value is -2.83. The summed E-state index contributed by atoms with van der Waals surface area (Å²) in [6.45, 7) is 6.81. The normalized spacial score (nSPS) is 15.5. The number of carbonyl (C=O) groups excluding carboxylic acids is 1. The number of aromatic nitrogens is 1. The number of aryl methyl sites for hydroxylation is 1. The molecule has 1 atom stereocenters. The zero-order valence-electron chi connectivity index (χ0n) is 21.1. The van der Waals surface area contributed by atoms with E-state index in [1.54, 1.807) is 18.9 Å². The summed E-state index contributed by atoms with van der Waals surface area (Å²) in [5.41, 5.74) is 4.30. The summed E-state index contributed by atoms with van der Waals surface area (Å²) >= 11 is 1.63. The lowest BCUT2D eigenvalue weighted by Crippen LogP contribution is -2.46. The summed E-state index contributed by atoms with van der Waals surface area (Å²) in [6, 6.07) is 20.6. The van der Waals surface area contributed by atoms with Crippen molar-refractivity contribution in [3.8, 4) is 5.75 Å². The predicted octanol–water partition coefficient (Wildman–Crippen LogP) is 5.66. The van der Waals surface area contributed by atoms with E-state index < -0.39 is 0 Å². The van der Waals surface area contributed by atoms with Gasteiger partial charge in [0.05, 0.1) is 12.8 Å². The Morgan fingerprint density at radius 2 is 1.71 bits per heavy atom. The molecule has 0 aliphatic carbocycles. The van der Waals surface area contributed by atoms with Crippen LogP contribution in [0.15, 0.2) is 71.8 Å². The van der Waals surface area contributed by atoms with E-state index >= 15 is 0 Å². The Balaban J connectivity index is 1.41. The molecule has 1 aromatic heterocycles. The highest BCUT2D eigenvalue weighted by atomic mass is 32.2. The van der Waals surface area contributed by atoms with Crippen molar-refractivity contribution >= 4 is 17.7 Å². The molecule has 1 fully saturated rings. The second kappa shape index (κ2) is 11.7. The third-order valence-corrected chi connectivity index (χ3v) is 8.15. The number of carbonyl (C=O) groups is 1. The minimum atomic E-state index is -0.256. The van der Waals surface area contributed by atoms with Gasteiger partial charge in [-0.1, -0.05) is 48.5 Å². The number of hydrogen-bond donors (Lipinski definition) is 0. The van der Waals surface area contributed by atoms with Crippen LogP contribution < -0.4 is 4.74 Å². The molecule has 4 rings (SSSR count). The van der Waals surface area contributed by atoms with Crippen LogP contribution in [0, 0.1) is 13.8 Å². The number of piperidine rings is 1. The molecule has 1 aliphatic rings. The van der Waals surface area contributed by atoms with Crippen LogP contribution >= 0.6 is 11.8 Å². The van der Waals surface area contributed by atoms with E-state index in [9.17, 15) is 4.79 Å². The van der Waals surface area contributed by atoms with Gasteiger partial charge >= 0.3 is 0 Å². The number of pyridine rings is 1. The standard InChI is InChI=1S/C29H35N3O2S/c1-21-19-30-26(22(2)27(21)34-4)20-32-17-15-24(16-18-32)31(3)29(33)28(23-11-7-5-8-12-23)35-25-13-9-6-10-14-25/h5-14,19,24,28H,15-18,20H2,1-4H3. The summed E-state index contributed by atoms with van der Waals surface area (Å²) in [5.74, 6) is 1.10. The quantitative estimate of drug-likeness (QED) is 0.382. The second-order valence-electron chi connectivity index (χ2n) is 9.22. The molecule has 1 unspecified atom stereocenters. The molecule has 0 saturated carbocycles. The fourth-order valence-corrected chi connectivity index (χ4v) is 5.94. The molecular weight excluding hydrogens is 454 g/mol. The molecule has 5 nitrogen and oxygen atoms in total. The lowest BCUT2D eigenvalue weighted by molar-refractivity contribution is -0.132. The molecule has 2 aromatic carbocycles. The van der Waals surface area contributed by atoms with Crippen LogP contribution in [0.1, 0.15) is 40.5 Å². The zero-order valence-corrected chi connectivity index (χ0v) is 21.9. The Morgan fingerprint density at radius 3 is 2.34 bits per heavy atom. The number of rotatable bonds is 8. The van der Waals surface area contributed by atoms with Crippen molar-refractivity contribution in [3.05, 3.63) is 89.2 Å².